The molecule has 140 valence electrons. The fourth-order valence-corrected chi connectivity index (χ4v) is 2.31. The Labute approximate surface area is 150 Å². The lowest BCUT2D eigenvalue weighted by Crippen LogP contribution is -2.17. The predicted octanol–water partition coefficient (Wildman–Crippen LogP) is 3.43. The fourth-order valence-electron chi connectivity index (χ4n) is 2.31. The fraction of sp³-hybridized carbons (Fsp3) is 0.278. The normalized spacial score (nSPS) is 10.2. The van der Waals surface area contributed by atoms with Gasteiger partial charge < -0.3 is 24.8 Å². The van der Waals surface area contributed by atoms with Crippen molar-refractivity contribution in [2.45, 2.75) is 6.42 Å². The average molecular weight is 366 g/mol. The van der Waals surface area contributed by atoms with Crippen molar-refractivity contribution in [1.29, 1.82) is 0 Å². The van der Waals surface area contributed by atoms with Crippen molar-refractivity contribution >= 4 is 17.3 Å². The van der Waals surface area contributed by atoms with Crippen LogP contribution in [0, 0.1) is 11.6 Å². The summed E-state index contributed by atoms with van der Waals surface area (Å²) < 4.78 is 42.1. The number of benzene rings is 2. The molecule has 0 saturated heterocycles. The van der Waals surface area contributed by atoms with Crippen molar-refractivity contribution in [3.05, 3.63) is 42.0 Å². The number of hydrogen-bond donors (Lipinski definition) is 2. The zero-order valence-electron chi connectivity index (χ0n) is 14.7. The average Bonchev–Trinajstić information content (AvgIpc) is 2.63. The molecule has 0 heterocycles. The topological polar surface area (TPSA) is 68.8 Å². The number of halogens is 2. The van der Waals surface area contributed by atoms with Crippen LogP contribution in [0.25, 0.3) is 0 Å². The monoisotopic (exact) mass is 366 g/mol. The minimum absolute atomic E-state index is 0.0656. The molecule has 2 rings (SSSR count). The Kier molecular flexibility index (Phi) is 6.60. The van der Waals surface area contributed by atoms with Crippen LogP contribution in [0.4, 0.5) is 20.2 Å². The first-order chi connectivity index (χ1) is 12.5. The van der Waals surface area contributed by atoms with Crippen LogP contribution in [-0.4, -0.2) is 33.8 Å². The minimum atomic E-state index is -0.823. The van der Waals surface area contributed by atoms with Crippen LogP contribution in [0.15, 0.2) is 30.3 Å². The molecule has 0 aliphatic heterocycles. The van der Waals surface area contributed by atoms with Gasteiger partial charge in [-0.25, -0.2) is 8.78 Å². The van der Waals surface area contributed by atoms with E-state index in [0.717, 1.165) is 6.07 Å². The largest absolute Gasteiger partial charge is 0.493 e. The molecule has 0 unspecified atom stereocenters. The Bertz CT molecular complexity index is 759. The smallest absolute Gasteiger partial charge is 0.226 e. The molecule has 0 aromatic heterocycles. The van der Waals surface area contributed by atoms with E-state index >= 15 is 0 Å². The van der Waals surface area contributed by atoms with Gasteiger partial charge in [-0.2, -0.15) is 0 Å². The number of carbonyl (C=O) groups is 1. The van der Waals surface area contributed by atoms with Gasteiger partial charge in [-0.15, -0.1) is 0 Å². The maximum absolute atomic E-state index is 13.5. The molecule has 2 aromatic carbocycles. The summed E-state index contributed by atoms with van der Waals surface area (Å²) in [4.78, 5) is 11.9. The highest BCUT2D eigenvalue weighted by molar-refractivity contribution is 5.91. The minimum Gasteiger partial charge on any atom is -0.493 e. The van der Waals surface area contributed by atoms with Gasteiger partial charge in [-0.3, -0.25) is 4.79 Å². The highest BCUT2D eigenvalue weighted by Crippen LogP contribution is 2.39. The highest BCUT2D eigenvalue weighted by atomic mass is 19.1. The van der Waals surface area contributed by atoms with Gasteiger partial charge in [0.2, 0.25) is 11.7 Å². The summed E-state index contributed by atoms with van der Waals surface area (Å²) in [5, 5.41) is 5.45. The molecule has 0 radical (unpaired) electrons. The van der Waals surface area contributed by atoms with Crippen molar-refractivity contribution in [2.75, 3.05) is 38.5 Å². The quantitative estimate of drug-likeness (QED) is 0.749. The lowest BCUT2D eigenvalue weighted by atomic mass is 10.2. The van der Waals surface area contributed by atoms with Crippen molar-refractivity contribution in [2.24, 2.45) is 0 Å². The van der Waals surface area contributed by atoms with Gasteiger partial charge in [0, 0.05) is 36.9 Å². The van der Waals surface area contributed by atoms with E-state index < -0.39 is 17.5 Å². The van der Waals surface area contributed by atoms with Crippen LogP contribution < -0.4 is 24.8 Å². The molecule has 0 fully saturated rings. The summed E-state index contributed by atoms with van der Waals surface area (Å²) in [5.74, 6) is -0.514. The summed E-state index contributed by atoms with van der Waals surface area (Å²) in [6.07, 6.45) is 0.0769. The SMILES string of the molecule is COc1cc(NCCC(=O)Nc2ccc(F)cc2F)cc(OC)c1OC. The van der Waals surface area contributed by atoms with Crippen molar-refractivity contribution < 1.29 is 27.8 Å². The third-order valence-electron chi connectivity index (χ3n) is 3.55. The Morgan fingerprint density at radius 2 is 1.65 bits per heavy atom. The maximum Gasteiger partial charge on any atom is 0.226 e. The van der Waals surface area contributed by atoms with Gasteiger partial charge in [0.25, 0.3) is 0 Å². The van der Waals surface area contributed by atoms with E-state index in [2.05, 4.69) is 10.6 Å². The first-order valence-corrected chi connectivity index (χ1v) is 7.77. The number of anilines is 2. The zero-order chi connectivity index (χ0) is 19.1. The van der Waals surface area contributed by atoms with Gasteiger partial charge in [0.1, 0.15) is 11.6 Å². The van der Waals surface area contributed by atoms with E-state index in [4.69, 9.17) is 14.2 Å². The van der Waals surface area contributed by atoms with Crippen LogP contribution in [-0.2, 0) is 4.79 Å². The van der Waals surface area contributed by atoms with Crippen molar-refractivity contribution in [3.63, 3.8) is 0 Å². The second kappa shape index (κ2) is 8.89. The lowest BCUT2D eigenvalue weighted by molar-refractivity contribution is -0.116. The molecular formula is C18H20F2N2O4. The van der Waals surface area contributed by atoms with Crippen LogP contribution in [0.1, 0.15) is 6.42 Å². The first-order valence-electron chi connectivity index (χ1n) is 7.77. The Hall–Kier alpha value is -3.03. The number of rotatable bonds is 8. The van der Waals surface area contributed by atoms with E-state index in [1.807, 2.05) is 0 Å². The molecular weight excluding hydrogens is 346 g/mol. The first kappa shape index (κ1) is 19.3. The van der Waals surface area contributed by atoms with Crippen LogP contribution in [0.2, 0.25) is 0 Å². The summed E-state index contributed by atoms with van der Waals surface area (Å²) in [6, 6.07) is 6.38. The molecule has 6 nitrogen and oxygen atoms in total. The Balaban J connectivity index is 1.95. The van der Waals surface area contributed by atoms with Gasteiger partial charge >= 0.3 is 0 Å². The Morgan fingerprint density at radius 1 is 1.00 bits per heavy atom. The highest BCUT2D eigenvalue weighted by Gasteiger charge is 2.13. The molecule has 0 spiro atoms. The van der Waals surface area contributed by atoms with E-state index in [-0.39, 0.29) is 18.7 Å². The molecule has 1 amide bonds. The molecule has 0 aliphatic carbocycles. The molecule has 8 heteroatoms. The number of hydrogen-bond acceptors (Lipinski definition) is 5. The predicted molar refractivity (Wildman–Crippen MR) is 94.2 cm³/mol. The molecule has 2 N–H and O–H groups in total. The molecule has 0 saturated carbocycles. The van der Waals surface area contributed by atoms with Gasteiger partial charge in [-0.1, -0.05) is 0 Å². The molecule has 26 heavy (non-hydrogen) atoms. The summed E-state index contributed by atoms with van der Waals surface area (Å²) in [5.41, 5.74) is 0.601. The zero-order valence-corrected chi connectivity index (χ0v) is 14.7. The second-order valence-corrected chi connectivity index (χ2v) is 5.26. The molecule has 2 aromatic rings. The number of ether oxygens (including phenoxy) is 3. The summed E-state index contributed by atoms with van der Waals surface area (Å²) >= 11 is 0. The van der Waals surface area contributed by atoms with Gasteiger partial charge in [0.15, 0.2) is 11.5 Å². The van der Waals surface area contributed by atoms with E-state index in [1.165, 1.54) is 27.4 Å². The maximum atomic E-state index is 13.5. The number of methoxy groups -OCH3 is 3. The third kappa shape index (κ3) is 4.75. The molecule has 0 bridgehead atoms. The summed E-state index contributed by atoms with van der Waals surface area (Å²) in [7, 11) is 4.52. The third-order valence-corrected chi connectivity index (χ3v) is 3.55. The molecule has 0 aliphatic rings. The van der Waals surface area contributed by atoms with Crippen LogP contribution in [0.5, 0.6) is 17.2 Å². The number of nitrogens with one attached hydrogen (secondary N) is 2. The van der Waals surface area contributed by atoms with E-state index in [1.54, 1.807) is 12.1 Å². The van der Waals surface area contributed by atoms with Crippen molar-refractivity contribution in [3.8, 4) is 17.2 Å². The second-order valence-electron chi connectivity index (χ2n) is 5.26. The van der Waals surface area contributed by atoms with Gasteiger partial charge in [0.05, 0.1) is 27.0 Å². The number of amides is 1. The van der Waals surface area contributed by atoms with Crippen LogP contribution >= 0.6 is 0 Å². The molecule has 0 atom stereocenters. The lowest BCUT2D eigenvalue weighted by Gasteiger charge is -2.15. The van der Waals surface area contributed by atoms with E-state index in [9.17, 15) is 13.6 Å². The Morgan fingerprint density at radius 3 is 2.19 bits per heavy atom. The summed E-state index contributed by atoms with van der Waals surface area (Å²) in [6.45, 7) is 0.285. The van der Waals surface area contributed by atoms with Gasteiger partial charge in [-0.05, 0) is 12.1 Å². The van der Waals surface area contributed by atoms with Crippen molar-refractivity contribution in [1.82, 2.24) is 0 Å². The number of carbonyl (C=O) groups excluding carboxylic acids is 1. The van der Waals surface area contributed by atoms with E-state index in [0.29, 0.717) is 29.0 Å². The standard InChI is InChI=1S/C18H20F2N2O4/c1-24-15-9-12(10-16(25-2)18(15)26-3)21-7-6-17(23)22-14-5-4-11(19)8-13(14)20/h4-5,8-10,21H,6-7H2,1-3H3,(H,22,23). The van der Waals surface area contributed by atoms with Crippen LogP contribution in [0.3, 0.4) is 0 Å².